The summed E-state index contributed by atoms with van der Waals surface area (Å²) in [6.07, 6.45) is -4.33. The fourth-order valence-electron chi connectivity index (χ4n) is 6.62. The van der Waals surface area contributed by atoms with E-state index in [0.717, 1.165) is 63.2 Å². The lowest BCUT2D eigenvalue weighted by Crippen LogP contribution is -2.48. The molecule has 4 atom stereocenters. The molecule has 0 bridgehead atoms. The Hall–Kier alpha value is -3.84. The van der Waals surface area contributed by atoms with Crippen LogP contribution in [-0.4, -0.2) is 84.5 Å². The van der Waals surface area contributed by atoms with Crippen molar-refractivity contribution in [3.8, 4) is 0 Å². The number of hydrogen-bond acceptors (Lipinski definition) is 8. The Morgan fingerprint density at radius 3 is 2.44 bits per heavy atom. The van der Waals surface area contributed by atoms with Gasteiger partial charge in [0.15, 0.2) is 0 Å². The summed E-state index contributed by atoms with van der Waals surface area (Å²) in [5.74, 6) is -0.787. The lowest BCUT2D eigenvalue weighted by atomic mass is 9.96. The van der Waals surface area contributed by atoms with Gasteiger partial charge in [0, 0.05) is 46.7 Å². The van der Waals surface area contributed by atoms with Crippen LogP contribution in [0.3, 0.4) is 0 Å². The van der Waals surface area contributed by atoms with Crippen LogP contribution in [0.15, 0.2) is 36.4 Å². The molecule has 11 heteroatoms. The quantitative estimate of drug-likeness (QED) is 0.129. The number of imide groups is 1. The van der Waals surface area contributed by atoms with E-state index in [-0.39, 0.29) is 12.5 Å². The number of nitrogens with one attached hydrogen (secondary N) is 3. The molecular formula is C30H30N4O7. The van der Waals surface area contributed by atoms with Crippen molar-refractivity contribution in [2.24, 2.45) is 0 Å². The van der Waals surface area contributed by atoms with Gasteiger partial charge in [-0.2, -0.15) is 0 Å². The van der Waals surface area contributed by atoms with Gasteiger partial charge in [-0.15, -0.1) is 0 Å². The first-order valence-electron chi connectivity index (χ1n) is 13.7. The van der Waals surface area contributed by atoms with Crippen molar-refractivity contribution in [3.05, 3.63) is 58.7 Å². The molecule has 0 fully saturated rings. The van der Waals surface area contributed by atoms with Gasteiger partial charge in [0.25, 0.3) is 11.8 Å². The summed E-state index contributed by atoms with van der Waals surface area (Å²) < 4.78 is 2.27. The Labute approximate surface area is 233 Å². The van der Waals surface area contributed by atoms with Crippen molar-refractivity contribution in [2.75, 3.05) is 13.2 Å². The second kappa shape index (κ2) is 9.62. The molecule has 2 aliphatic rings. The highest BCUT2D eigenvalue weighted by Crippen LogP contribution is 2.45. The van der Waals surface area contributed by atoms with Crippen LogP contribution >= 0.6 is 0 Å². The van der Waals surface area contributed by atoms with Gasteiger partial charge in [-0.1, -0.05) is 30.3 Å². The van der Waals surface area contributed by atoms with Crippen molar-refractivity contribution in [1.29, 1.82) is 0 Å². The number of H-pyrrole nitrogens is 1. The van der Waals surface area contributed by atoms with Gasteiger partial charge >= 0.3 is 0 Å². The third-order valence-electron chi connectivity index (χ3n) is 8.53. The Morgan fingerprint density at radius 1 is 0.902 bits per heavy atom. The molecule has 212 valence electrons. The number of aliphatic hydroxyl groups excluding tert-OH is 5. The number of para-hydroxylation sites is 1. The van der Waals surface area contributed by atoms with E-state index in [1.807, 2.05) is 30.3 Å². The number of carbonyl (C=O) groups excluding carboxylic acids is 2. The molecule has 0 saturated heterocycles. The molecule has 4 unspecified atom stereocenters. The maximum Gasteiger partial charge on any atom is 0.259 e. The topological polar surface area (TPSA) is 180 Å². The first-order valence-corrected chi connectivity index (χ1v) is 13.7. The van der Waals surface area contributed by atoms with Gasteiger partial charge in [-0.3, -0.25) is 14.9 Å². The maximum atomic E-state index is 13.2. The predicted octanol–water partition coefficient (Wildman–Crippen LogP) is 0.784. The second-order valence-electron chi connectivity index (χ2n) is 11.0. The number of aromatic nitrogens is 2. The number of aromatic amines is 1. The molecule has 5 aromatic rings. The van der Waals surface area contributed by atoms with Crippen LogP contribution in [0.25, 0.3) is 43.6 Å². The molecule has 2 aromatic heterocycles. The number of amides is 2. The number of nitrogens with zero attached hydrogens (tertiary/aromatic N) is 1. The fourth-order valence-corrected chi connectivity index (χ4v) is 6.62. The zero-order chi connectivity index (χ0) is 28.6. The summed E-state index contributed by atoms with van der Waals surface area (Å²) in [6, 6.07) is 11.9. The minimum Gasteiger partial charge on any atom is -0.394 e. The smallest absolute Gasteiger partial charge is 0.259 e. The SMILES string of the molecule is O=C1NC(=O)c2c1c1c3ccc(CNCC(O)C(O)C(O)C(O)CO)cc3[nH]c1c1c2c2cccc3c2n1CCC3. The molecule has 4 heterocycles. The van der Waals surface area contributed by atoms with Gasteiger partial charge in [-0.25, -0.2) is 0 Å². The van der Waals surface area contributed by atoms with Crippen LogP contribution in [0.2, 0.25) is 0 Å². The Morgan fingerprint density at radius 2 is 1.66 bits per heavy atom. The van der Waals surface area contributed by atoms with Gasteiger partial charge in [0.1, 0.15) is 18.3 Å². The molecule has 2 amide bonds. The van der Waals surface area contributed by atoms with Crippen LogP contribution in [0.5, 0.6) is 0 Å². The molecule has 7 rings (SSSR count). The van der Waals surface area contributed by atoms with Crippen LogP contribution in [-0.2, 0) is 19.5 Å². The highest BCUT2D eigenvalue weighted by atomic mass is 16.4. The van der Waals surface area contributed by atoms with Crippen molar-refractivity contribution in [3.63, 3.8) is 0 Å². The first-order chi connectivity index (χ1) is 19.8. The summed E-state index contributed by atoms with van der Waals surface area (Å²) in [7, 11) is 0. The number of rotatable bonds is 8. The van der Waals surface area contributed by atoms with Gasteiger partial charge in [-0.05, 0) is 30.0 Å². The van der Waals surface area contributed by atoms with E-state index in [9.17, 15) is 30.0 Å². The lowest BCUT2D eigenvalue weighted by molar-refractivity contribution is -0.114. The van der Waals surface area contributed by atoms with Crippen molar-refractivity contribution in [1.82, 2.24) is 20.2 Å². The zero-order valence-corrected chi connectivity index (χ0v) is 22.0. The predicted molar refractivity (Wildman–Crippen MR) is 152 cm³/mol. The van der Waals surface area contributed by atoms with Crippen molar-refractivity contribution >= 4 is 55.4 Å². The van der Waals surface area contributed by atoms with Crippen molar-refractivity contribution in [2.45, 2.75) is 50.3 Å². The largest absolute Gasteiger partial charge is 0.394 e. The summed E-state index contributed by atoms with van der Waals surface area (Å²) >= 11 is 0. The van der Waals surface area contributed by atoms with E-state index >= 15 is 0 Å². The molecule has 8 N–H and O–H groups in total. The number of aryl methyl sites for hydroxylation is 2. The van der Waals surface area contributed by atoms with Crippen LogP contribution in [0.4, 0.5) is 0 Å². The van der Waals surface area contributed by atoms with Gasteiger partial charge in [0.2, 0.25) is 0 Å². The average molecular weight is 559 g/mol. The lowest BCUT2D eigenvalue weighted by Gasteiger charge is -2.25. The van der Waals surface area contributed by atoms with E-state index in [1.165, 1.54) is 5.56 Å². The normalized spacial score (nSPS) is 17.9. The van der Waals surface area contributed by atoms with E-state index < -0.39 is 36.9 Å². The molecule has 0 radical (unpaired) electrons. The molecule has 11 nitrogen and oxygen atoms in total. The number of carbonyl (C=O) groups is 2. The van der Waals surface area contributed by atoms with E-state index in [2.05, 4.69) is 26.3 Å². The fraction of sp³-hybridized carbons (Fsp3) is 0.333. The Kier molecular flexibility index (Phi) is 6.12. The van der Waals surface area contributed by atoms with E-state index in [1.54, 1.807) is 0 Å². The third-order valence-corrected chi connectivity index (χ3v) is 8.53. The highest BCUT2D eigenvalue weighted by molar-refractivity contribution is 6.39. The standard InChI is InChI=1S/C30H30N4O7/c35-12-19(37)28(39)27(38)18(36)11-31-10-13-6-7-15-17(9-13)32-24-20(15)22-23(30(41)33-29(22)40)21-16-5-1-3-14-4-2-8-34(25(14)16)26(21)24/h1,3,5-7,9,18-19,27-28,31-32,35-39H,2,4,8,10-12H2,(H,33,40,41). The Balaban J connectivity index is 1.31. The van der Waals surface area contributed by atoms with Crippen LogP contribution in [0.1, 0.15) is 38.3 Å². The van der Waals surface area contributed by atoms with Crippen molar-refractivity contribution < 1.29 is 35.1 Å². The Bertz CT molecular complexity index is 1890. The maximum absolute atomic E-state index is 13.2. The molecule has 0 saturated carbocycles. The summed E-state index contributed by atoms with van der Waals surface area (Å²) in [5, 5.41) is 57.4. The summed E-state index contributed by atoms with van der Waals surface area (Å²) in [6.45, 7) is 0.323. The van der Waals surface area contributed by atoms with Crippen LogP contribution < -0.4 is 10.6 Å². The average Bonchev–Trinajstić information content (AvgIpc) is 3.61. The van der Waals surface area contributed by atoms with Gasteiger partial charge < -0.3 is 40.4 Å². The van der Waals surface area contributed by atoms with Crippen LogP contribution in [0, 0.1) is 0 Å². The monoisotopic (exact) mass is 558 g/mol. The number of hydrogen-bond donors (Lipinski definition) is 8. The molecular weight excluding hydrogens is 528 g/mol. The van der Waals surface area contributed by atoms with E-state index in [0.29, 0.717) is 23.1 Å². The molecule has 0 aliphatic carbocycles. The summed E-state index contributed by atoms with van der Waals surface area (Å²) in [5.41, 5.74) is 6.52. The molecule has 0 spiro atoms. The highest BCUT2D eigenvalue weighted by Gasteiger charge is 2.36. The van der Waals surface area contributed by atoms with Gasteiger partial charge in [0.05, 0.1) is 40.4 Å². The first kappa shape index (κ1) is 26.1. The molecule has 3 aromatic carbocycles. The molecule has 2 aliphatic heterocycles. The second-order valence-corrected chi connectivity index (χ2v) is 11.0. The third kappa shape index (κ3) is 3.82. The minimum atomic E-state index is -1.69. The number of benzene rings is 3. The summed E-state index contributed by atoms with van der Waals surface area (Å²) in [4.78, 5) is 29.9. The minimum absolute atomic E-state index is 0.0695. The number of aliphatic hydroxyl groups is 5. The molecule has 41 heavy (non-hydrogen) atoms. The number of fused-ring (bicyclic) bond motifs is 10. The zero-order valence-electron chi connectivity index (χ0n) is 22.0. The van der Waals surface area contributed by atoms with E-state index in [4.69, 9.17) is 5.11 Å².